The van der Waals surface area contributed by atoms with Gasteiger partial charge in [-0.3, -0.25) is 4.90 Å². The van der Waals surface area contributed by atoms with Crippen molar-refractivity contribution >= 4 is 11.0 Å². The summed E-state index contributed by atoms with van der Waals surface area (Å²) in [5, 5.41) is 1.23. The fourth-order valence-corrected chi connectivity index (χ4v) is 2.07. The van der Waals surface area contributed by atoms with Crippen molar-refractivity contribution in [2.24, 2.45) is 0 Å². The van der Waals surface area contributed by atoms with Gasteiger partial charge in [-0.2, -0.15) is 0 Å². The number of hydrogen-bond acceptors (Lipinski definition) is 2. The van der Waals surface area contributed by atoms with Crippen LogP contribution in [-0.2, 0) is 0 Å². The number of hydrogen-bond donors (Lipinski definition) is 0. The molecule has 1 aromatic heterocycles. The first kappa shape index (κ1) is 11.2. The molecule has 0 saturated heterocycles. The maximum atomic E-state index is 5.94. The van der Waals surface area contributed by atoms with Crippen LogP contribution in [0.15, 0.2) is 28.7 Å². The summed E-state index contributed by atoms with van der Waals surface area (Å²) in [6.45, 7) is 7.52. The van der Waals surface area contributed by atoms with Crippen LogP contribution in [-0.4, -0.2) is 18.5 Å². The Hall–Kier alpha value is -1.28. The minimum atomic E-state index is 0.331. The third-order valence-corrected chi connectivity index (χ3v) is 3.42. The molecule has 2 aromatic rings. The maximum Gasteiger partial charge on any atom is 0.134 e. The molecule has 1 unspecified atom stereocenters. The minimum absolute atomic E-state index is 0.331. The molecule has 86 valence electrons. The van der Waals surface area contributed by atoms with Crippen molar-refractivity contribution in [3.8, 4) is 0 Å². The topological polar surface area (TPSA) is 16.4 Å². The van der Waals surface area contributed by atoms with Gasteiger partial charge in [0.25, 0.3) is 0 Å². The van der Waals surface area contributed by atoms with E-state index in [0.29, 0.717) is 6.04 Å². The summed E-state index contributed by atoms with van der Waals surface area (Å²) in [6, 6.07) is 8.56. The SMILES string of the molecule is CCN(C)C(C)c1oc2ccccc2c1C. The third-order valence-electron chi connectivity index (χ3n) is 3.42. The minimum Gasteiger partial charge on any atom is -0.459 e. The molecule has 2 nitrogen and oxygen atoms in total. The second kappa shape index (κ2) is 4.30. The molecule has 0 amide bonds. The van der Waals surface area contributed by atoms with Crippen LogP contribution in [0.5, 0.6) is 0 Å². The lowest BCUT2D eigenvalue weighted by Crippen LogP contribution is -2.21. The number of nitrogens with zero attached hydrogens (tertiary/aromatic N) is 1. The molecule has 2 rings (SSSR count). The van der Waals surface area contributed by atoms with Gasteiger partial charge in [0.15, 0.2) is 0 Å². The number of furan rings is 1. The number of fused-ring (bicyclic) bond motifs is 1. The molecule has 0 spiro atoms. The highest BCUT2D eigenvalue weighted by atomic mass is 16.3. The molecule has 0 bridgehead atoms. The zero-order valence-corrected chi connectivity index (χ0v) is 10.4. The van der Waals surface area contributed by atoms with E-state index in [4.69, 9.17) is 4.42 Å². The van der Waals surface area contributed by atoms with Crippen LogP contribution in [0.1, 0.15) is 31.2 Å². The van der Waals surface area contributed by atoms with Gasteiger partial charge in [-0.1, -0.05) is 25.1 Å². The van der Waals surface area contributed by atoms with Crippen LogP contribution in [0.25, 0.3) is 11.0 Å². The van der Waals surface area contributed by atoms with Gasteiger partial charge in [-0.25, -0.2) is 0 Å². The van der Waals surface area contributed by atoms with Gasteiger partial charge < -0.3 is 4.42 Å². The predicted octanol–water partition coefficient (Wildman–Crippen LogP) is 3.75. The van der Waals surface area contributed by atoms with Crippen molar-refractivity contribution in [1.29, 1.82) is 0 Å². The highest BCUT2D eigenvalue weighted by Gasteiger charge is 2.18. The van der Waals surface area contributed by atoms with Gasteiger partial charge >= 0.3 is 0 Å². The first-order valence-corrected chi connectivity index (χ1v) is 5.83. The Kier molecular flexibility index (Phi) is 3.01. The van der Waals surface area contributed by atoms with Crippen molar-refractivity contribution < 1.29 is 4.42 Å². The fourth-order valence-electron chi connectivity index (χ4n) is 2.07. The van der Waals surface area contributed by atoms with E-state index in [9.17, 15) is 0 Å². The van der Waals surface area contributed by atoms with E-state index in [1.54, 1.807) is 0 Å². The zero-order chi connectivity index (χ0) is 11.7. The summed E-state index contributed by atoms with van der Waals surface area (Å²) in [5.41, 5.74) is 2.26. The summed E-state index contributed by atoms with van der Waals surface area (Å²) in [4.78, 5) is 2.28. The van der Waals surface area contributed by atoms with Crippen molar-refractivity contribution in [2.75, 3.05) is 13.6 Å². The summed E-state index contributed by atoms with van der Waals surface area (Å²) < 4.78 is 5.94. The van der Waals surface area contributed by atoms with E-state index in [1.807, 2.05) is 12.1 Å². The molecule has 0 N–H and O–H groups in total. The standard InChI is InChI=1S/C14H19NO/c1-5-15(4)11(3)14-10(2)12-8-6-7-9-13(12)16-14/h6-9,11H,5H2,1-4H3. The lowest BCUT2D eigenvalue weighted by atomic mass is 10.1. The Balaban J connectivity index is 2.49. The van der Waals surface area contributed by atoms with Crippen LogP contribution in [0.2, 0.25) is 0 Å². The molecule has 0 aliphatic rings. The van der Waals surface area contributed by atoms with Gasteiger partial charge in [0, 0.05) is 5.39 Å². The smallest absolute Gasteiger partial charge is 0.134 e. The fraction of sp³-hybridized carbons (Fsp3) is 0.429. The average molecular weight is 217 g/mol. The monoisotopic (exact) mass is 217 g/mol. The Labute approximate surface area is 96.9 Å². The highest BCUT2D eigenvalue weighted by Crippen LogP contribution is 2.31. The molecule has 0 fully saturated rings. The molecule has 1 heterocycles. The van der Waals surface area contributed by atoms with E-state index in [-0.39, 0.29) is 0 Å². The average Bonchev–Trinajstić information content (AvgIpc) is 2.65. The van der Waals surface area contributed by atoms with Gasteiger partial charge in [-0.15, -0.1) is 0 Å². The molecule has 0 aliphatic carbocycles. The maximum absolute atomic E-state index is 5.94. The van der Waals surface area contributed by atoms with E-state index in [0.717, 1.165) is 17.9 Å². The largest absolute Gasteiger partial charge is 0.459 e. The van der Waals surface area contributed by atoms with Gasteiger partial charge in [0.1, 0.15) is 11.3 Å². The Morgan fingerprint density at radius 3 is 2.62 bits per heavy atom. The van der Waals surface area contributed by atoms with E-state index in [2.05, 4.69) is 44.9 Å². The number of para-hydroxylation sites is 1. The van der Waals surface area contributed by atoms with Crippen molar-refractivity contribution in [3.05, 3.63) is 35.6 Å². The van der Waals surface area contributed by atoms with Gasteiger partial charge in [-0.05, 0) is 39.1 Å². The highest BCUT2D eigenvalue weighted by molar-refractivity contribution is 5.82. The zero-order valence-electron chi connectivity index (χ0n) is 10.4. The number of rotatable bonds is 3. The molecule has 2 heteroatoms. The van der Waals surface area contributed by atoms with Crippen molar-refractivity contribution in [1.82, 2.24) is 4.90 Å². The second-order valence-electron chi connectivity index (χ2n) is 4.34. The molecule has 0 aliphatic heterocycles. The van der Waals surface area contributed by atoms with Crippen LogP contribution >= 0.6 is 0 Å². The normalized spacial score (nSPS) is 13.6. The number of benzene rings is 1. The predicted molar refractivity (Wildman–Crippen MR) is 67.7 cm³/mol. The lowest BCUT2D eigenvalue weighted by Gasteiger charge is -2.21. The Morgan fingerprint density at radius 2 is 2.00 bits per heavy atom. The quantitative estimate of drug-likeness (QED) is 0.778. The van der Waals surface area contributed by atoms with Crippen LogP contribution in [0, 0.1) is 6.92 Å². The van der Waals surface area contributed by atoms with Gasteiger partial charge in [0.2, 0.25) is 0 Å². The lowest BCUT2D eigenvalue weighted by molar-refractivity contribution is 0.245. The second-order valence-corrected chi connectivity index (χ2v) is 4.34. The van der Waals surface area contributed by atoms with Gasteiger partial charge in [0.05, 0.1) is 6.04 Å². The molecule has 0 saturated carbocycles. The first-order valence-electron chi connectivity index (χ1n) is 5.83. The summed E-state index contributed by atoms with van der Waals surface area (Å²) in [5.74, 6) is 1.09. The summed E-state index contributed by atoms with van der Waals surface area (Å²) >= 11 is 0. The third kappa shape index (κ3) is 1.74. The van der Waals surface area contributed by atoms with Crippen LogP contribution in [0.4, 0.5) is 0 Å². The van der Waals surface area contributed by atoms with Crippen molar-refractivity contribution in [2.45, 2.75) is 26.8 Å². The van der Waals surface area contributed by atoms with E-state index in [1.165, 1.54) is 10.9 Å². The van der Waals surface area contributed by atoms with E-state index < -0.39 is 0 Å². The molecule has 1 atom stereocenters. The van der Waals surface area contributed by atoms with Crippen molar-refractivity contribution in [3.63, 3.8) is 0 Å². The molecular weight excluding hydrogens is 198 g/mol. The first-order chi connectivity index (χ1) is 7.65. The molecule has 1 aromatic carbocycles. The molecular formula is C14H19NO. The summed E-state index contributed by atoms with van der Waals surface area (Å²) in [6.07, 6.45) is 0. The Morgan fingerprint density at radius 1 is 1.31 bits per heavy atom. The number of aryl methyl sites for hydroxylation is 1. The van der Waals surface area contributed by atoms with Crippen LogP contribution in [0.3, 0.4) is 0 Å². The molecule has 0 radical (unpaired) electrons. The summed E-state index contributed by atoms with van der Waals surface area (Å²) in [7, 11) is 2.12. The molecule has 16 heavy (non-hydrogen) atoms. The van der Waals surface area contributed by atoms with Crippen LogP contribution < -0.4 is 0 Å². The Bertz CT molecular complexity index is 486. The van der Waals surface area contributed by atoms with E-state index >= 15 is 0 Å².